The molecular weight excluding hydrogens is 276 g/mol. The number of carbonyl (C=O) groups is 1. The Labute approximate surface area is 119 Å². The molecule has 0 unspecified atom stereocenters. The number of benzene rings is 2. The van der Waals surface area contributed by atoms with Crippen molar-refractivity contribution < 1.29 is 9.72 Å². The molecule has 0 fully saturated rings. The van der Waals surface area contributed by atoms with Crippen LogP contribution in [0.4, 0.5) is 17.1 Å². The lowest BCUT2D eigenvalue weighted by atomic mass is 10.2. The van der Waals surface area contributed by atoms with Gasteiger partial charge in [0.25, 0.3) is 5.69 Å². The van der Waals surface area contributed by atoms with Crippen LogP contribution in [-0.2, 0) is 4.79 Å². The fraction of sp³-hybridized carbons (Fsp3) is 0.0714. The highest BCUT2D eigenvalue weighted by Gasteiger charge is 2.25. The number of fused-ring (bicyclic) bond motifs is 1. The number of nitrogens with zero attached hydrogens (tertiary/aromatic N) is 2. The third kappa shape index (κ3) is 2.14. The second-order valence-electron chi connectivity index (χ2n) is 4.26. The van der Waals surface area contributed by atoms with Crippen molar-refractivity contribution >= 4 is 34.7 Å². The van der Waals surface area contributed by atoms with Gasteiger partial charge in [0.15, 0.2) is 0 Å². The Kier molecular flexibility index (Phi) is 3.15. The van der Waals surface area contributed by atoms with Crippen molar-refractivity contribution in [3.63, 3.8) is 0 Å². The molecule has 1 aliphatic rings. The van der Waals surface area contributed by atoms with Crippen LogP contribution in [0.15, 0.2) is 53.4 Å². The highest BCUT2D eigenvalue weighted by atomic mass is 32.2. The zero-order valence-corrected chi connectivity index (χ0v) is 11.2. The molecule has 2 aromatic carbocycles. The lowest BCUT2D eigenvalue weighted by Crippen LogP contribution is -2.30. The first kappa shape index (κ1) is 12.7. The van der Waals surface area contributed by atoms with Crippen molar-refractivity contribution in [1.82, 2.24) is 0 Å². The van der Waals surface area contributed by atoms with Crippen molar-refractivity contribution in [1.29, 1.82) is 0 Å². The van der Waals surface area contributed by atoms with Crippen LogP contribution in [0.2, 0.25) is 0 Å². The second kappa shape index (κ2) is 4.97. The molecule has 1 aliphatic heterocycles. The predicted molar refractivity (Wildman–Crippen MR) is 77.4 cm³/mol. The van der Waals surface area contributed by atoms with Gasteiger partial charge in [-0.1, -0.05) is 12.1 Å². The smallest absolute Gasteiger partial charge is 0.269 e. The van der Waals surface area contributed by atoms with E-state index in [-0.39, 0.29) is 11.6 Å². The standard InChI is InChI=1S/C14H10N2O3S/c17-14-9-20-13-4-2-1-3-12(13)15(14)10-5-7-11(8-6-10)16(18)19/h1-8H,9H2. The van der Waals surface area contributed by atoms with E-state index in [4.69, 9.17) is 0 Å². The first-order chi connectivity index (χ1) is 9.66. The summed E-state index contributed by atoms with van der Waals surface area (Å²) in [6.45, 7) is 0. The molecule has 0 saturated carbocycles. The molecule has 100 valence electrons. The summed E-state index contributed by atoms with van der Waals surface area (Å²) in [5.74, 6) is 0.344. The van der Waals surface area contributed by atoms with Gasteiger partial charge in [0.1, 0.15) is 0 Å². The summed E-state index contributed by atoms with van der Waals surface area (Å²) < 4.78 is 0. The van der Waals surface area contributed by atoms with Crippen molar-refractivity contribution in [2.75, 3.05) is 10.7 Å². The average molecular weight is 286 g/mol. The van der Waals surface area contributed by atoms with Crippen LogP contribution in [0.5, 0.6) is 0 Å². The van der Waals surface area contributed by atoms with Gasteiger partial charge in [0, 0.05) is 22.7 Å². The summed E-state index contributed by atoms with van der Waals surface area (Å²) in [6, 6.07) is 13.7. The SMILES string of the molecule is O=C1CSc2ccccc2N1c1ccc([N+](=O)[O-])cc1. The van der Waals surface area contributed by atoms with E-state index >= 15 is 0 Å². The Morgan fingerprint density at radius 2 is 1.80 bits per heavy atom. The van der Waals surface area contributed by atoms with E-state index in [1.54, 1.807) is 17.0 Å². The van der Waals surface area contributed by atoms with Crippen LogP contribution < -0.4 is 4.90 Å². The second-order valence-corrected chi connectivity index (χ2v) is 5.28. The zero-order chi connectivity index (χ0) is 14.1. The number of hydrogen-bond acceptors (Lipinski definition) is 4. The highest BCUT2D eigenvalue weighted by Crippen LogP contribution is 2.39. The molecule has 0 spiro atoms. The summed E-state index contributed by atoms with van der Waals surface area (Å²) in [5, 5.41) is 10.7. The topological polar surface area (TPSA) is 63.5 Å². The molecule has 3 rings (SSSR count). The minimum atomic E-state index is -0.453. The number of non-ortho nitro benzene ring substituents is 1. The summed E-state index contributed by atoms with van der Waals surface area (Å²) in [4.78, 5) is 25.0. The number of nitro groups is 1. The molecule has 1 heterocycles. The van der Waals surface area contributed by atoms with Crippen molar-refractivity contribution in [2.24, 2.45) is 0 Å². The maximum Gasteiger partial charge on any atom is 0.269 e. The Bertz CT molecular complexity index is 685. The predicted octanol–water partition coefficient (Wildman–Crippen LogP) is 3.37. The third-order valence-corrected chi connectivity index (χ3v) is 4.07. The molecule has 20 heavy (non-hydrogen) atoms. The number of carbonyl (C=O) groups excluding carboxylic acids is 1. The van der Waals surface area contributed by atoms with Gasteiger partial charge in [-0.05, 0) is 24.3 Å². The maximum absolute atomic E-state index is 12.1. The summed E-state index contributed by atoms with van der Waals surface area (Å²) in [7, 11) is 0. The van der Waals surface area contributed by atoms with E-state index in [0.29, 0.717) is 11.4 Å². The summed E-state index contributed by atoms with van der Waals surface area (Å²) in [6.07, 6.45) is 0. The lowest BCUT2D eigenvalue weighted by Gasteiger charge is -2.28. The quantitative estimate of drug-likeness (QED) is 0.627. The van der Waals surface area contributed by atoms with Crippen LogP contribution in [-0.4, -0.2) is 16.6 Å². The van der Waals surface area contributed by atoms with Crippen LogP contribution in [0.1, 0.15) is 0 Å². The number of para-hydroxylation sites is 1. The van der Waals surface area contributed by atoms with Gasteiger partial charge in [-0.25, -0.2) is 0 Å². The van der Waals surface area contributed by atoms with E-state index in [0.717, 1.165) is 10.6 Å². The maximum atomic E-state index is 12.1. The van der Waals surface area contributed by atoms with Crippen molar-refractivity contribution in [2.45, 2.75) is 4.90 Å². The number of thioether (sulfide) groups is 1. The van der Waals surface area contributed by atoms with E-state index in [2.05, 4.69) is 0 Å². The van der Waals surface area contributed by atoms with Gasteiger partial charge in [-0.15, -0.1) is 11.8 Å². The van der Waals surface area contributed by atoms with Gasteiger partial charge in [-0.2, -0.15) is 0 Å². The monoisotopic (exact) mass is 286 g/mol. The first-order valence-electron chi connectivity index (χ1n) is 5.96. The minimum absolute atomic E-state index is 0.0147. The molecule has 0 bridgehead atoms. The van der Waals surface area contributed by atoms with Gasteiger partial charge in [0.2, 0.25) is 5.91 Å². The molecule has 0 saturated heterocycles. The molecule has 0 aromatic heterocycles. The van der Waals surface area contributed by atoms with Crippen molar-refractivity contribution in [3.05, 3.63) is 58.6 Å². The lowest BCUT2D eigenvalue weighted by molar-refractivity contribution is -0.384. The summed E-state index contributed by atoms with van der Waals surface area (Å²) in [5.41, 5.74) is 1.48. The third-order valence-electron chi connectivity index (χ3n) is 3.03. The molecule has 1 amide bonds. The van der Waals surface area contributed by atoms with E-state index in [9.17, 15) is 14.9 Å². The molecule has 0 N–H and O–H groups in total. The Hall–Kier alpha value is -2.34. The van der Waals surface area contributed by atoms with E-state index in [1.807, 2.05) is 24.3 Å². The minimum Gasteiger partial charge on any atom is -0.279 e. The number of hydrogen-bond donors (Lipinski definition) is 0. The van der Waals surface area contributed by atoms with Crippen LogP contribution in [0, 0.1) is 10.1 Å². The fourth-order valence-corrected chi connectivity index (χ4v) is 3.00. The Morgan fingerprint density at radius 1 is 1.10 bits per heavy atom. The first-order valence-corrected chi connectivity index (χ1v) is 6.94. The van der Waals surface area contributed by atoms with E-state index < -0.39 is 4.92 Å². The van der Waals surface area contributed by atoms with Gasteiger partial charge >= 0.3 is 0 Å². The fourth-order valence-electron chi connectivity index (χ4n) is 2.11. The van der Waals surface area contributed by atoms with Gasteiger partial charge in [-0.3, -0.25) is 19.8 Å². The Morgan fingerprint density at radius 3 is 2.50 bits per heavy atom. The molecule has 0 radical (unpaired) electrons. The van der Waals surface area contributed by atoms with Crippen LogP contribution in [0.3, 0.4) is 0 Å². The number of anilines is 2. The van der Waals surface area contributed by atoms with Crippen molar-refractivity contribution in [3.8, 4) is 0 Å². The molecule has 5 nitrogen and oxygen atoms in total. The number of rotatable bonds is 2. The molecule has 0 aliphatic carbocycles. The number of nitro benzene ring substituents is 1. The Balaban J connectivity index is 2.04. The van der Waals surface area contributed by atoms with Gasteiger partial charge < -0.3 is 0 Å². The molecule has 6 heteroatoms. The van der Waals surface area contributed by atoms with E-state index in [1.165, 1.54) is 23.9 Å². The molecule has 2 aromatic rings. The average Bonchev–Trinajstić information content (AvgIpc) is 2.47. The molecular formula is C14H10N2O3S. The van der Waals surface area contributed by atoms with Gasteiger partial charge in [0.05, 0.1) is 16.4 Å². The zero-order valence-electron chi connectivity index (χ0n) is 10.4. The van der Waals surface area contributed by atoms with Crippen LogP contribution >= 0.6 is 11.8 Å². The molecule has 0 atom stereocenters. The van der Waals surface area contributed by atoms with Crippen LogP contribution in [0.25, 0.3) is 0 Å². The highest BCUT2D eigenvalue weighted by molar-refractivity contribution is 8.00. The number of amides is 1. The largest absolute Gasteiger partial charge is 0.279 e. The summed E-state index contributed by atoms with van der Waals surface area (Å²) >= 11 is 1.50. The normalized spacial score (nSPS) is 14.0.